The van der Waals surface area contributed by atoms with Crippen molar-refractivity contribution >= 4 is 21.8 Å². The van der Waals surface area contributed by atoms with E-state index in [9.17, 15) is 18.0 Å². The zero-order valence-corrected chi connectivity index (χ0v) is 20.7. The van der Waals surface area contributed by atoms with Gasteiger partial charge in [0.1, 0.15) is 11.8 Å². The van der Waals surface area contributed by atoms with Gasteiger partial charge in [-0.15, -0.1) is 0 Å². The summed E-state index contributed by atoms with van der Waals surface area (Å²) in [6.45, 7) is 5.03. The van der Waals surface area contributed by atoms with Crippen LogP contribution in [0.2, 0.25) is 0 Å². The lowest BCUT2D eigenvalue weighted by molar-refractivity contribution is -0.124. The first-order valence-corrected chi connectivity index (χ1v) is 13.0. The van der Waals surface area contributed by atoms with E-state index in [1.807, 2.05) is 13.8 Å². The van der Waals surface area contributed by atoms with Crippen LogP contribution in [-0.4, -0.2) is 50.8 Å². The van der Waals surface area contributed by atoms with Crippen LogP contribution in [0.4, 0.5) is 0 Å². The highest BCUT2D eigenvalue weighted by Gasteiger charge is 2.27. The van der Waals surface area contributed by atoms with Gasteiger partial charge >= 0.3 is 0 Å². The zero-order valence-electron chi connectivity index (χ0n) is 19.9. The maximum atomic E-state index is 12.9. The van der Waals surface area contributed by atoms with Crippen LogP contribution in [0, 0.1) is 5.92 Å². The van der Waals surface area contributed by atoms with Crippen LogP contribution in [0.3, 0.4) is 0 Å². The fraction of sp³-hybridized carbons (Fsp3) is 0.440. The van der Waals surface area contributed by atoms with Gasteiger partial charge < -0.3 is 15.4 Å². The molecule has 1 fully saturated rings. The Labute approximate surface area is 201 Å². The average Bonchev–Trinajstić information content (AvgIpc) is 2.86. The van der Waals surface area contributed by atoms with Gasteiger partial charge in [-0.05, 0) is 48.6 Å². The molecule has 184 valence electrons. The van der Waals surface area contributed by atoms with E-state index in [1.54, 1.807) is 48.5 Å². The van der Waals surface area contributed by atoms with Crippen LogP contribution in [0.15, 0.2) is 53.4 Å². The molecule has 2 aromatic rings. The fourth-order valence-corrected chi connectivity index (χ4v) is 5.44. The Morgan fingerprint density at radius 1 is 1.00 bits per heavy atom. The summed E-state index contributed by atoms with van der Waals surface area (Å²) in [5.74, 6) is -0.417. The van der Waals surface area contributed by atoms with Gasteiger partial charge in [0.25, 0.3) is 5.91 Å². The van der Waals surface area contributed by atoms with Crippen LogP contribution >= 0.6 is 0 Å². The Morgan fingerprint density at radius 3 is 2.26 bits per heavy atom. The average molecular weight is 488 g/mol. The van der Waals surface area contributed by atoms with E-state index in [-0.39, 0.29) is 23.3 Å². The summed E-state index contributed by atoms with van der Waals surface area (Å²) < 4.78 is 32.4. The van der Waals surface area contributed by atoms with E-state index in [1.165, 1.54) is 11.4 Å². The van der Waals surface area contributed by atoms with Crippen LogP contribution in [-0.2, 0) is 21.4 Å². The Morgan fingerprint density at radius 2 is 1.65 bits per heavy atom. The smallest absolute Gasteiger partial charge is 0.255 e. The maximum Gasteiger partial charge on any atom is 0.255 e. The lowest BCUT2D eigenvalue weighted by atomic mass is 10.0. The highest BCUT2D eigenvalue weighted by atomic mass is 32.2. The molecular formula is C25H33N3O5S. The monoisotopic (exact) mass is 487 g/mol. The third kappa shape index (κ3) is 6.15. The number of carbonyl (C=O) groups is 2. The first-order valence-electron chi connectivity index (χ1n) is 11.5. The van der Waals surface area contributed by atoms with E-state index in [0.29, 0.717) is 24.4 Å². The standard InChI is InChI=1S/C25H33N3O5S/c1-18(2)23(27-24(29)21-9-5-6-10-22(21)33-3)25(30)26-17-19-11-13-20(14-12-19)34(31,32)28-15-7-4-8-16-28/h5-6,9-14,18,23H,4,7-8,15-17H2,1-3H3,(H,26,30)(H,27,29). The molecule has 34 heavy (non-hydrogen) atoms. The minimum atomic E-state index is -3.49. The Kier molecular flexibility index (Phi) is 8.68. The predicted octanol–water partition coefficient (Wildman–Crippen LogP) is 2.94. The van der Waals surface area contributed by atoms with Gasteiger partial charge in [0.2, 0.25) is 15.9 Å². The molecule has 9 heteroatoms. The van der Waals surface area contributed by atoms with Crippen molar-refractivity contribution in [1.82, 2.24) is 14.9 Å². The maximum absolute atomic E-state index is 12.9. The van der Waals surface area contributed by atoms with Crippen molar-refractivity contribution in [2.24, 2.45) is 5.92 Å². The molecule has 1 aliphatic heterocycles. The number of sulfonamides is 1. The first kappa shape index (κ1) is 25.7. The number of rotatable bonds is 9. The molecule has 0 aromatic heterocycles. The molecule has 2 amide bonds. The molecule has 0 aliphatic carbocycles. The summed E-state index contributed by atoms with van der Waals surface area (Å²) >= 11 is 0. The van der Waals surface area contributed by atoms with Gasteiger partial charge in [-0.25, -0.2) is 8.42 Å². The summed E-state index contributed by atoms with van der Waals surface area (Å²) in [6, 6.07) is 12.7. The van der Waals surface area contributed by atoms with Gasteiger partial charge in [-0.1, -0.05) is 44.5 Å². The quantitative estimate of drug-likeness (QED) is 0.566. The summed E-state index contributed by atoms with van der Waals surface area (Å²) in [4.78, 5) is 25.9. The number of nitrogens with one attached hydrogen (secondary N) is 2. The van der Waals surface area contributed by atoms with Crippen LogP contribution in [0.1, 0.15) is 49.0 Å². The highest BCUT2D eigenvalue weighted by Crippen LogP contribution is 2.21. The zero-order chi connectivity index (χ0) is 24.7. The summed E-state index contributed by atoms with van der Waals surface area (Å²) in [6.07, 6.45) is 2.82. The second kappa shape index (κ2) is 11.5. The second-order valence-electron chi connectivity index (χ2n) is 8.72. The molecule has 1 unspecified atom stereocenters. The summed E-state index contributed by atoms with van der Waals surface area (Å²) in [7, 11) is -2.00. The third-order valence-corrected chi connectivity index (χ3v) is 7.84. The Hall–Kier alpha value is -2.91. The summed E-state index contributed by atoms with van der Waals surface area (Å²) in [5.41, 5.74) is 1.12. The number of ether oxygens (including phenoxy) is 1. The van der Waals surface area contributed by atoms with Gasteiger partial charge in [-0.2, -0.15) is 4.31 Å². The van der Waals surface area contributed by atoms with E-state index in [4.69, 9.17) is 4.74 Å². The largest absolute Gasteiger partial charge is 0.496 e. The molecular weight excluding hydrogens is 454 g/mol. The topological polar surface area (TPSA) is 105 Å². The number of carbonyl (C=O) groups excluding carboxylic acids is 2. The SMILES string of the molecule is COc1ccccc1C(=O)NC(C(=O)NCc1ccc(S(=O)(=O)N2CCCCC2)cc1)C(C)C. The fourth-order valence-electron chi connectivity index (χ4n) is 3.92. The van der Waals surface area contributed by atoms with E-state index in [0.717, 1.165) is 24.8 Å². The molecule has 2 aromatic carbocycles. The van der Waals surface area contributed by atoms with E-state index in [2.05, 4.69) is 10.6 Å². The second-order valence-corrected chi connectivity index (χ2v) is 10.7. The normalized spacial score (nSPS) is 15.5. The van der Waals surface area contributed by atoms with Crippen LogP contribution in [0.5, 0.6) is 5.75 Å². The van der Waals surface area contributed by atoms with Gasteiger partial charge in [-0.3, -0.25) is 9.59 Å². The van der Waals surface area contributed by atoms with E-state index >= 15 is 0 Å². The van der Waals surface area contributed by atoms with Gasteiger partial charge in [0.15, 0.2) is 0 Å². The van der Waals surface area contributed by atoms with Crippen LogP contribution < -0.4 is 15.4 Å². The number of methoxy groups -OCH3 is 1. The van der Waals surface area contributed by atoms with Crippen molar-refractivity contribution in [3.63, 3.8) is 0 Å². The lowest BCUT2D eigenvalue weighted by Gasteiger charge is -2.26. The Balaban J connectivity index is 1.62. The lowest BCUT2D eigenvalue weighted by Crippen LogP contribution is -2.49. The predicted molar refractivity (Wildman–Crippen MR) is 130 cm³/mol. The Bertz CT molecular complexity index is 1090. The molecule has 1 atom stereocenters. The summed E-state index contributed by atoms with van der Waals surface area (Å²) in [5, 5.41) is 5.64. The van der Waals surface area contributed by atoms with Crippen molar-refractivity contribution < 1.29 is 22.7 Å². The van der Waals surface area contributed by atoms with Crippen molar-refractivity contribution in [3.8, 4) is 5.75 Å². The number of nitrogens with zero attached hydrogens (tertiary/aromatic N) is 1. The number of benzene rings is 2. The number of para-hydroxylation sites is 1. The van der Waals surface area contributed by atoms with Crippen molar-refractivity contribution in [2.75, 3.05) is 20.2 Å². The van der Waals surface area contributed by atoms with Crippen molar-refractivity contribution in [2.45, 2.75) is 50.6 Å². The highest BCUT2D eigenvalue weighted by molar-refractivity contribution is 7.89. The molecule has 0 radical (unpaired) electrons. The minimum absolute atomic E-state index is 0.143. The number of hydrogen-bond acceptors (Lipinski definition) is 5. The minimum Gasteiger partial charge on any atom is -0.496 e. The molecule has 1 heterocycles. The number of hydrogen-bond donors (Lipinski definition) is 2. The van der Waals surface area contributed by atoms with Gasteiger partial charge in [0.05, 0.1) is 17.6 Å². The molecule has 0 saturated carbocycles. The van der Waals surface area contributed by atoms with E-state index < -0.39 is 22.0 Å². The van der Waals surface area contributed by atoms with Crippen molar-refractivity contribution in [3.05, 3.63) is 59.7 Å². The van der Waals surface area contributed by atoms with Crippen molar-refractivity contribution in [1.29, 1.82) is 0 Å². The first-order chi connectivity index (χ1) is 16.2. The molecule has 3 rings (SSSR count). The molecule has 1 aliphatic rings. The third-order valence-electron chi connectivity index (χ3n) is 5.93. The van der Waals surface area contributed by atoms with Crippen LogP contribution in [0.25, 0.3) is 0 Å². The molecule has 0 spiro atoms. The number of amides is 2. The van der Waals surface area contributed by atoms with Gasteiger partial charge in [0, 0.05) is 19.6 Å². The molecule has 1 saturated heterocycles. The molecule has 2 N–H and O–H groups in total. The molecule has 8 nitrogen and oxygen atoms in total. The number of piperidine rings is 1. The molecule has 0 bridgehead atoms.